The monoisotopic (exact) mass is 495 g/mol. The predicted octanol–water partition coefficient (Wildman–Crippen LogP) is 3.01. The number of pyridine rings is 1. The highest BCUT2D eigenvalue weighted by molar-refractivity contribution is 5.78. The number of halogens is 1. The van der Waals surface area contributed by atoms with Crippen LogP contribution in [0, 0.1) is 5.82 Å². The van der Waals surface area contributed by atoms with Crippen molar-refractivity contribution < 1.29 is 23.8 Å². The largest absolute Gasteiger partial charge is 0.507 e. The zero-order valence-corrected chi connectivity index (χ0v) is 20.1. The van der Waals surface area contributed by atoms with E-state index in [0.717, 1.165) is 18.7 Å². The fraction of sp³-hybridized carbons (Fsp3) is 0.308. The van der Waals surface area contributed by atoms with Gasteiger partial charge >= 0.3 is 0 Å². The summed E-state index contributed by atoms with van der Waals surface area (Å²) in [7, 11) is 1.55. The molecule has 0 radical (unpaired) electrons. The number of carbonyl (C=O) groups excluding carboxylic acids is 1. The molecule has 0 bridgehead atoms. The number of nitrogens with two attached hydrogens (primary N) is 1. The molecule has 0 saturated carbocycles. The minimum atomic E-state index is -0.415. The van der Waals surface area contributed by atoms with Gasteiger partial charge in [0, 0.05) is 43.6 Å². The number of amides is 1. The highest BCUT2D eigenvalue weighted by Gasteiger charge is 2.15. The van der Waals surface area contributed by atoms with Crippen molar-refractivity contribution in [1.29, 1.82) is 0 Å². The molecule has 1 amide bonds. The van der Waals surface area contributed by atoms with Gasteiger partial charge in [-0.3, -0.25) is 9.69 Å². The number of anilines is 3. The number of hydrogen-bond acceptors (Lipinski definition) is 8. The number of benzene rings is 2. The number of nitrogens with one attached hydrogen (secondary N) is 2. The zero-order chi connectivity index (χ0) is 25.5. The minimum absolute atomic E-state index is 0.00919. The molecule has 0 atom stereocenters. The maximum absolute atomic E-state index is 14.5. The van der Waals surface area contributed by atoms with Crippen molar-refractivity contribution in [2.24, 2.45) is 0 Å². The van der Waals surface area contributed by atoms with Crippen molar-refractivity contribution in [2.45, 2.75) is 13.2 Å². The molecule has 190 valence electrons. The molecule has 9 nitrogen and oxygen atoms in total. The number of morpholine rings is 1. The van der Waals surface area contributed by atoms with Crippen LogP contribution in [-0.2, 0) is 27.4 Å². The van der Waals surface area contributed by atoms with E-state index in [2.05, 4.69) is 15.6 Å². The van der Waals surface area contributed by atoms with Crippen LogP contribution in [0.3, 0.4) is 0 Å². The van der Waals surface area contributed by atoms with Crippen LogP contribution in [0.4, 0.5) is 21.6 Å². The van der Waals surface area contributed by atoms with Gasteiger partial charge in [-0.1, -0.05) is 12.1 Å². The van der Waals surface area contributed by atoms with Gasteiger partial charge < -0.3 is 30.9 Å². The molecule has 36 heavy (non-hydrogen) atoms. The summed E-state index contributed by atoms with van der Waals surface area (Å²) in [6.45, 7) is 3.59. The molecule has 1 aliphatic rings. The predicted molar refractivity (Wildman–Crippen MR) is 135 cm³/mol. The second kappa shape index (κ2) is 11.8. The second-order valence-corrected chi connectivity index (χ2v) is 8.51. The molecular weight excluding hydrogens is 465 g/mol. The second-order valence-electron chi connectivity index (χ2n) is 8.51. The molecule has 0 spiro atoms. The summed E-state index contributed by atoms with van der Waals surface area (Å²) in [6.07, 6.45) is 0. The normalized spacial score (nSPS) is 13.9. The molecule has 4 rings (SSSR count). The van der Waals surface area contributed by atoms with Crippen LogP contribution < -0.4 is 16.4 Å². The van der Waals surface area contributed by atoms with Gasteiger partial charge in [0.05, 0.1) is 37.7 Å². The number of aromatic nitrogens is 1. The van der Waals surface area contributed by atoms with Gasteiger partial charge in [0.25, 0.3) is 0 Å². The van der Waals surface area contributed by atoms with Crippen molar-refractivity contribution in [3.8, 4) is 17.0 Å². The summed E-state index contributed by atoms with van der Waals surface area (Å²) in [5.41, 5.74) is 9.30. The molecule has 10 heteroatoms. The van der Waals surface area contributed by atoms with Crippen molar-refractivity contribution in [1.82, 2.24) is 15.2 Å². The van der Waals surface area contributed by atoms with Gasteiger partial charge in [0.1, 0.15) is 17.4 Å². The number of nitrogens with zero attached hydrogens (tertiary/aromatic N) is 2. The van der Waals surface area contributed by atoms with Crippen LogP contribution in [0.2, 0.25) is 0 Å². The maximum atomic E-state index is 14.5. The Morgan fingerprint density at radius 1 is 1.19 bits per heavy atom. The standard InChI is InChI=1S/C26H30FN5O4/c1-35-16-17-2-5-23(21(27)12-17)30-19-4-7-24(33)20(13-19)22-6-3-18(26(28)31-22)14-29-25(34)15-32-8-10-36-11-9-32/h2-7,12-13,30,33H,8-11,14-16H2,1H3,(H2,28,31)(H,29,34). The minimum Gasteiger partial charge on any atom is -0.507 e. The Labute approximate surface area is 209 Å². The van der Waals surface area contributed by atoms with E-state index in [1.807, 2.05) is 4.90 Å². The molecule has 0 unspecified atom stereocenters. The molecule has 3 aromatic rings. The lowest BCUT2D eigenvalue weighted by Gasteiger charge is -2.25. The molecule has 1 fully saturated rings. The Bertz CT molecular complexity index is 1220. The van der Waals surface area contributed by atoms with Crippen LogP contribution in [0.25, 0.3) is 11.3 Å². The first kappa shape index (κ1) is 25.4. The number of ether oxygens (including phenoxy) is 2. The lowest BCUT2D eigenvalue weighted by atomic mass is 10.1. The van der Waals surface area contributed by atoms with Gasteiger partial charge in [-0.25, -0.2) is 9.37 Å². The van der Waals surface area contributed by atoms with E-state index in [1.54, 1.807) is 43.5 Å². The average Bonchev–Trinajstić information content (AvgIpc) is 2.87. The van der Waals surface area contributed by atoms with Gasteiger partial charge in [-0.15, -0.1) is 0 Å². The van der Waals surface area contributed by atoms with E-state index in [9.17, 15) is 14.3 Å². The van der Waals surface area contributed by atoms with Crippen LogP contribution in [0.1, 0.15) is 11.1 Å². The van der Waals surface area contributed by atoms with Crippen LogP contribution >= 0.6 is 0 Å². The molecule has 1 saturated heterocycles. The number of aromatic hydroxyl groups is 1. The SMILES string of the molecule is COCc1ccc(Nc2ccc(O)c(-c3ccc(CNC(=O)CN4CCOCC4)c(N)n3)c2)c(F)c1. The number of phenols is 1. The zero-order valence-electron chi connectivity index (χ0n) is 20.1. The topological polar surface area (TPSA) is 122 Å². The summed E-state index contributed by atoms with van der Waals surface area (Å²) in [5.74, 6) is -0.257. The van der Waals surface area contributed by atoms with Gasteiger partial charge in [0.2, 0.25) is 5.91 Å². The van der Waals surface area contributed by atoms with E-state index < -0.39 is 5.82 Å². The highest BCUT2D eigenvalue weighted by atomic mass is 19.1. The maximum Gasteiger partial charge on any atom is 0.234 e. The third-order valence-corrected chi connectivity index (χ3v) is 5.86. The van der Waals surface area contributed by atoms with Crippen molar-refractivity contribution in [3.05, 3.63) is 65.5 Å². The summed E-state index contributed by atoms with van der Waals surface area (Å²) in [5, 5.41) is 16.3. The highest BCUT2D eigenvalue weighted by Crippen LogP contribution is 2.33. The molecule has 2 heterocycles. The van der Waals surface area contributed by atoms with E-state index >= 15 is 0 Å². The molecular formula is C26H30FN5O4. The van der Waals surface area contributed by atoms with E-state index in [0.29, 0.717) is 54.6 Å². The molecule has 0 aliphatic carbocycles. The Balaban J connectivity index is 1.43. The van der Waals surface area contributed by atoms with Crippen LogP contribution in [-0.4, -0.2) is 60.9 Å². The fourth-order valence-electron chi connectivity index (χ4n) is 3.91. The smallest absolute Gasteiger partial charge is 0.234 e. The molecule has 2 aromatic carbocycles. The third-order valence-electron chi connectivity index (χ3n) is 5.86. The Kier molecular flexibility index (Phi) is 8.32. The Morgan fingerprint density at radius 3 is 2.72 bits per heavy atom. The third kappa shape index (κ3) is 6.48. The fourth-order valence-corrected chi connectivity index (χ4v) is 3.91. The number of carbonyl (C=O) groups is 1. The summed E-state index contributed by atoms with van der Waals surface area (Å²) >= 11 is 0. The van der Waals surface area contributed by atoms with Gasteiger partial charge in [-0.2, -0.15) is 0 Å². The van der Waals surface area contributed by atoms with Crippen molar-refractivity contribution in [2.75, 3.05) is 51.0 Å². The van der Waals surface area contributed by atoms with Crippen LogP contribution in [0.5, 0.6) is 5.75 Å². The van der Waals surface area contributed by atoms with Crippen molar-refractivity contribution >= 4 is 23.1 Å². The number of nitrogen functional groups attached to an aromatic ring is 1. The Morgan fingerprint density at radius 2 is 2.00 bits per heavy atom. The molecule has 5 N–H and O–H groups in total. The quantitative estimate of drug-likeness (QED) is 0.334. The molecule has 1 aromatic heterocycles. The summed E-state index contributed by atoms with van der Waals surface area (Å²) < 4.78 is 24.8. The number of methoxy groups -OCH3 is 1. The summed E-state index contributed by atoms with van der Waals surface area (Å²) in [6, 6.07) is 13.1. The summed E-state index contributed by atoms with van der Waals surface area (Å²) in [4.78, 5) is 18.7. The van der Waals surface area contributed by atoms with Gasteiger partial charge in [-0.05, 0) is 42.0 Å². The lowest BCUT2D eigenvalue weighted by Crippen LogP contribution is -2.43. The average molecular weight is 496 g/mol. The van der Waals surface area contributed by atoms with Crippen LogP contribution in [0.15, 0.2) is 48.5 Å². The first-order valence-electron chi connectivity index (χ1n) is 11.6. The first-order valence-corrected chi connectivity index (χ1v) is 11.6. The number of hydrogen-bond donors (Lipinski definition) is 4. The Hall–Kier alpha value is -3.73. The van der Waals surface area contributed by atoms with Gasteiger partial charge in [0.15, 0.2) is 0 Å². The number of phenolic OH excluding ortho intramolecular Hbond substituents is 1. The van der Waals surface area contributed by atoms with Crippen molar-refractivity contribution in [3.63, 3.8) is 0 Å². The first-order chi connectivity index (χ1) is 17.4. The van der Waals surface area contributed by atoms with E-state index in [4.69, 9.17) is 15.2 Å². The van der Waals surface area contributed by atoms with E-state index in [1.165, 1.54) is 12.1 Å². The lowest BCUT2D eigenvalue weighted by molar-refractivity contribution is -0.123. The van der Waals surface area contributed by atoms with E-state index in [-0.39, 0.29) is 24.0 Å². The molecule has 1 aliphatic heterocycles. The number of rotatable bonds is 9.